The molecule has 2 aromatic heterocycles. The smallest absolute Gasteiger partial charge is 0.349 e. The van der Waals surface area contributed by atoms with Gasteiger partial charge in [-0.15, -0.1) is 11.3 Å². The van der Waals surface area contributed by atoms with Crippen molar-refractivity contribution in [1.82, 2.24) is 14.9 Å². The van der Waals surface area contributed by atoms with Crippen LogP contribution in [0.15, 0.2) is 45.1 Å². The van der Waals surface area contributed by atoms with E-state index in [0.29, 0.717) is 24.6 Å². The molecule has 1 aromatic carbocycles. The summed E-state index contributed by atoms with van der Waals surface area (Å²) in [6, 6.07) is 9.30. The Morgan fingerprint density at radius 2 is 1.93 bits per heavy atom. The fourth-order valence-corrected chi connectivity index (χ4v) is 5.20. The number of nitrogens with one attached hydrogen (secondary N) is 1. The van der Waals surface area contributed by atoms with E-state index in [9.17, 15) is 13.2 Å². The fraction of sp³-hybridized carbons (Fsp3) is 0.350. The first-order valence-corrected chi connectivity index (χ1v) is 11.8. The summed E-state index contributed by atoms with van der Waals surface area (Å²) < 4.78 is 37.2. The van der Waals surface area contributed by atoms with E-state index in [1.165, 1.54) is 18.7 Å². The van der Waals surface area contributed by atoms with Gasteiger partial charge in [0.25, 0.3) is 0 Å². The number of esters is 1. The van der Waals surface area contributed by atoms with Crippen molar-refractivity contribution >= 4 is 27.3 Å². The molecule has 0 fully saturated rings. The topological polar surface area (TPSA) is 111 Å². The standard InChI is InChI=1S/C20H23N3O5S2/c1-14-7-9-15(10-8-14)19-22-17(28-23-19)6-4-3-5-12-21-30(25,26)16-11-13-29-18(16)20(24)27-2/h7-11,13,21H,3-6,12H2,1-2H3. The van der Waals surface area contributed by atoms with Gasteiger partial charge in [0, 0.05) is 18.5 Å². The van der Waals surface area contributed by atoms with Crippen LogP contribution in [0.2, 0.25) is 0 Å². The van der Waals surface area contributed by atoms with Crippen LogP contribution in [0.5, 0.6) is 0 Å². The van der Waals surface area contributed by atoms with Gasteiger partial charge in [-0.2, -0.15) is 4.98 Å². The maximum Gasteiger partial charge on any atom is 0.349 e. The van der Waals surface area contributed by atoms with Gasteiger partial charge in [0.15, 0.2) is 0 Å². The quantitative estimate of drug-likeness (QED) is 0.372. The van der Waals surface area contributed by atoms with Crippen LogP contribution < -0.4 is 4.72 Å². The first kappa shape index (κ1) is 22.1. The number of thiophene rings is 1. The number of nitrogens with zero attached hydrogens (tertiary/aromatic N) is 2. The summed E-state index contributed by atoms with van der Waals surface area (Å²) in [4.78, 5) is 16.1. The highest BCUT2D eigenvalue weighted by molar-refractivity contribution is 7.89. The number of hydrogen-bond donors (Lipinski definition) is 1. The lowest BCUT2D eigenvalue weighted by atomic mass is 10.1. The van der Waals surface area contributed by atoms with Gasteiger partial charge in [0.1, 0.15) is 9.77 Å². The van der Waals surface area contributed by atoms with Crippen molar-refractivity contribution in [2.24, 2.45) is 0 Å². The third kappa shape index (κ3) is 5.53. The molecular formula is C20H23N3O5S2. The first-order chi connectivity index (χ1) is 14.4. The highest BCUT2D eigenvalue weighted by Crippen LogP contribution is 2.22. The maximum atomic E-state index is 12.4. The van der Waals surface area contributed by atoms with Gasteiger partial charge in [0.2, 0.25) is 21.7 Å². The fourth-order valence-electron chi connectivity index (χ4n) is 2.79. The molecule has 0 bridgehead atoms. The predicted octanol–water partition coefficient (Wildman–Crippen LogP) is 3.58. The molecule has 0 amide bonds. The van der Waals surface area contributed by atoms with Crippen LogP contribution in [0, 0.1) is 6.92 Å². The van der Waals surface area contributed by atoms with Gasteiger partial charge >= 0.3 is 5.97 Å². The van der Waals surface area contributed by atoms with Gasteiger partial charge < -0.3 is 9.26 Å². The lowest BCUT2D eigenvalue weighted by molar-refractivity contribution is 0.0602. The first-order valence-electron chi connectivity index (χ1n) is 9.46. The molecule has 3 aromatic rings. The van der Waals surface area contributed by atoms with Crippen LogP contribution >= 0.6 is 11.3 Å². The normalized spacial score (nSPS) is 11.5. The van der Waals surface area contributed by atoms with Crippen LogP contribution in [-0.2, 0) is 21.2 Å². The van der Waals surface area contributed by atoms with E-state index in [2.05, 4.69) is 19.6 Å². The Kier molecular flexibility index (Phi) is 7.35. The Morgan fingerprint density at radius 3 is 2.67 bits per heavy atom. The Hall–Kier alpha value is -2.56. The summed E-state index contributed by atoms with van der Waals surface area (Å²) in [6.07, 6.45) is 2.86. The zero-order valence-corrected chi connectivity index (χ0v) is 18.4. The molecule has 2 heterocycles. The summed E-state index contributed by atoms with van der Waals surface area (Å²) in [6.45, 7) is 2.29. The number of aryl methyl sites for hydroxylation is 2. The molecule has 0 saturated carbocycles. The van der Waals surface area contributed by atoms with E-state index in [4.69, 9.17) is 4.52 Å². The molecule has 0 aliphatic rings. The molecule has 30 heavy (non-hydrogen) atoms. The minimum atomic E-state index is -3.75. The van der Waals surface area contributed by atoms with Crippen LogP contribution in [0.3, 0.4) is 0 Å². The average molecular weight is 450 g/mol. The van der Waals surface area contributed by atoms with Gasteiger partial charge in [-0.25, -0.2) is 17.9 Å². The Morgan fingerprint density at radius 1 is 1.17 bits per heavy atom. The van der Waals surface area contributed by atoms with Gasteiger partial charge in [-0.1, -0.05) is 41.4 Å². The number of sulfonamides is 1. The molecule has 160 valence electrons. The van der Waals surface area contributed by atoms with Gasteiger partial charge in [-0.3, -0.25) is 0 Å². The van der Waals surface area contributed by atoms with Crippen LogP contribution in [0.25, 0.3) is 11.4 Å². The molecule has 0 spiro atoms. The Labute approximate surface area is 179 Å². The van der Waals surface area contributed by atoms with E-state index in [0.717, 1.165) is 29.7 Å². The number of benzene rings is 1. The molecule has 0 aliphatic carbocycles. The second kappa shape index (κ2) is 9.96. The number of ether oxygens (including phenoxy) is 1. The molecule has 3 rings (SSSR count). The maximum absolute atomic E-state index is 12.4. The SMILES string of the molecule is COC(=O)c1sccc1S(=O)(=O)NCCCCCc1nc(-c2ccc(C)cc2)no1. The Balaban J connectivity index is 1.42. The number of carbonyl (C=O) groups excluding carboxylic acids is 1. The minimum absolute atomic E-state index is 0.0474. The zero-order valence-electron chi connectivity index (χ0n) is 16.8. The number of unbranched alkanes of at least 4 members (excludes halogenated alkanes) is 2. The summed E-state index contributed by atoms with van der Waals surface area (Å²) in [5.41, 5.74) is 2.07. The van der Waals surface area contributed by atoms with E-state index < -0.39 is 16.0 Å². The van der Waals surface area contributed by atoms with E-state index in [1.54, 1.807) is 5.38 Å². The second-order valence-electron chi connectivity index (χ2n) is 6.69. The second-order valence-corrected chi connectivity index (χ2v) is 9.34. The predicted molar refractivity (Wildman–Crippen MR) is 113 cm³/mol. The number of carbonyl (C=O) groups is 1. The molecule has 0 aliphatic heterocycles. The van der Waals surface area contributed by atoms with Crippen molar-refractivity contribution in [3.63, 3.8) is 0 Å². The number of hydrogen-bond acceptors (Lipinski definition) is 8. The van der Waals surface area contributed by atoms with Crippen molar-refractivity contribution in [1.29, 1.82) is 0 Å². The number of methoxy groups -OCH3 is 1. The molecule has 0 atom stereocenters. The third-order valence-corrected chi connectivity index (χ3v) is 6.95. The molecule has 10 heteroatoms. The summed E-state index contributed by atoms with van der Waals surface area (Å²) in [5.74, 6) is 0.469. The lowest BCUT2D eigenvalue weighted by Gasteiger charge is -2.06. The van der Waals surface area contributed by atoms with Gasteiger partial charge in [0.05, 0.1) is 7.11 Å². The summed E-state index contributed by atoms with van der Waals surface area (Å²) >= 11 is 1.04. The van der Waals surface area contributed by atoms with E-state index in [-0.39, 0.29) is 16.3 Å². The summed E-state index contributed by atoms with van der Waals surface area (Å²) in [5, 5.41) is 5.56. The number of aromatic nitrogens is 2. The van der Waals surface area contributed by atoms with Crippen LogP contribution in [0.1, 0.15) is 40.4 Å². The lowest BCUT2D eigenvalue weighted by Crippen LogP contribution is -2.26. The van der Waals surface area contributed by atoms with E-state index >= 15 is 0 Å². The minimum Gasteiger partial charge on any atom is -0.465 e. The van der Waals surface area contributed by atoms with Crippen LogP contribution in [-0.4, -0.2) is 38.2 Å². The van der Waals surface area contributed by atoms with Crippen molar-refractivity contribution in [3.05, 3.63) is 52.0 Å². The molecule has 0 unspecified atom stereocenters. The van der Waals surface area contributed by atoms with Crippen molar-refractivity contribution in [2.45, 2.75) is 37.5 Å². The molecule has 8 nitrogen and oxygen atoms in total. The third-order valence-electron chi connectivity index (χ3n) is 4.43. The average Bonchev–Trinajstić information content (AvgIpc) is 3.41. The highest BCUT2D eigenvalue weighted by Gasteiger charge is 2.24. The largest absolute Gasteiger partial charge is 0.465 e. The zero-order chi connectivity index (χ0) is 21.6. The van der Waals surface area contributed by atoms with Crippen LogP contribution in [0.4, 0.5) is 0 Å². The number of rotatable bonds is 10. The van der Waals surface area contributed by atoms with Crippen molar-refractivity contribution in [2.75, 3.05) is 13.7 Å². The summed E-state index contributed by atoms with van der Waals surface area (Å²) in [7, 11) is -2.53. The van der Waals surface area contributed by atoms with Crippen molar-refractivity contribution in [3.8, 4) is 11.4 Å². The van der Waals surface area contributed by atoms with E-state index in [1.807, 2.05) is 31.2 Å². The molecular weight excluding hydrogens is 426 g/mol. The molecule has 0 saturated heterocycles. The Bertz CT molecular complexity index is 1090. The molecule has 0 radical (unpaired) electrons. The monoisotopic (exact) mass is 449 g/mol. The van der Waals surface area contributed by atoms with Crippen molar-refractivity contribution < 1.29 is 22.5 Å². The van der Waals surface area contributed by atoms with Gasteiger partial charge in [-0.05, 0) is 31.2 Å². The molecule has 1 N–H and O–H groups in total. The highest BCUT2D eigenvalue weighted by atomic mass is 32.2.